The summed E-state index contributed by atoms with van der Waals surface area (Å²) in [6.07, 6.45) is 5.58. The Morgan fingerprint density at radius 1 is 1.37 bits per heavy atom. The van der Waals surface area contributed by atoms with E-state index >= 15 is 0 Å². The Bertz CT molecular complexity index is 544. The van der Waals surface area contributed by atoms with Gasteiger partial charge >= 0.3 is 0 Å². The maximum absolute atomic E-state index is 5.81. The lowest BCUT2D eigenvalue weighted by molar-refractivity contribution is 0.0809. The molecule has 0 saturated carbocycles. The summed E-state index contributed by atoms with van der Waals surface area (Å²) < 4.78 is 5.81. The Labute approximate surface area is 114 Å². The normalized spacial score (nSPS) is 20.8. The number of hydrogen-bond acceptors (Lipinski definition) is 3. The minimum absolute atomic E-state index is 0.344. The van der Waals surface area contributed by atoms with Gasteiger partial charge in [-0.25, -0.2) is 0 Å². The maximum atomic E-state index is 5.81. The van der Waals surface area contributed by atoms with Crippen molar-refractivity contribution in [3.05, 3.63) is 42.1 Å². The van der Waals surface area contributed by atoms with Crippen LogP contribution in [0.25, 0.3) is 10.9 Å². The van der Waals surface area contributed by atoms with Gasteiger partial charge < -0.3 is 10.1 Å². The molecular formula is C16H20N2O. The van der Waals surface area contributed by atoms with Crippen LogP contribution in [0.3, 0.4) is 0 Å². The minimum Gasteiger partial charge on any atom is -0.377 e. The smallest absolute Gasteiger partial charge is 0.0732 e. The van der Waals surface area contributed by atoms with Crippen LogP contribution >= 0.6 is 0 Å². The molecular weight excluding hydrogens is 236 g/mol. The molecule has 1 aromatic carbocycles. The number of likely N-dealkylation sites (N-methyl/N-ethyl adjacent to an activating group) is 1. The number of fused-ring (bicyclic) bond motifs is 1. The second kappa shape index (κ2) is 5.68. The third-order valence-electron chi connectivity index (χ3n) is 3.96. The maximum Gasteiger partial charge on any atom is 0.0732 e. The Morgan fingerprint density at radius 2 is 2.26 bits per heavy atom. The van der Waals surface area contributed by atoms with Crippen LogP contribution in [0.5, 0.6) is 0 Å². The molecule has 2 aromatic rings. The van der Waals surface area contributed by atoms with Crippen molar-refractivity contribution in [3.63, 3.8) is 0 Å². The Morgan fingerprint density at radius 3 is 3.05 bits per heavy atom. The quantitative estimate of drug-likeness (QED) is 0.913. The first-order valence-electron chi connectivity index (χ1n) is 7.00. The molecule has 2 atom stereocenters. The average molecular weight is 256 g/mol. The molecule has 1 aliphatic heterocycles. The molecule has 1 fully saturated rings. The number of pyridine rings is 1. The molecule has 1 aromatic heterocycles. The van der Waals surface area contributed by atoms with Crippen LogP contribution in [0.4, 0.5) is 0 Å². The largest absolute Gasteiger partial charge is 0.377 e. The summed E-state index contributed by atoms with van der Waals surface area (Å²) in [5.74, 6) is 0. The molecule has 0 aliphatic carbocycles. The van der Waals surface area contributed by atoms with E-state index in [-0.39, 0.29) is 0 Å². The Kier molecular flexibility index (Phi) is 3.76. The summed E-state index contributed by atoms with van der Waals surface area (Å²) in [5, 5.41) is 4.66. The number of para-hydroxylation sites is 1. The fraction of sp³-hybridized carbons (Fsp3) is 0.438. The van der Waals surface area contributed by atoms with E-state index in [2.05, 4.69) is 34.6 Å². The van der Waals surface area contributed by atoms with Gasteiger partial charge in [0.15, 0.2) is 0 Å². The molecule has 1 aliphatic rings. The third-order valence-corrected chi connectivity index (χ3v) is 3.96. The average Bonchev–Trinajstić information content (AvgIpc) is 2.99. The van der Waals surface area contributed by atoms with Gasteiger partial charge in [-0.05, 0) is 44.0 Å². The van der Waals surface area contributed by atoms with Crippen molar-refractivity contribution in [3.8, 4) is 0 Å². The van der Waals surface area contributed by atoms with E-state index < -0.39 is 0 Å². The van der Waals surface area contributed by atoms with Crippen molar-refractivity contribution < 1.29 is 4.74 Å². The molecule has 1 N–H and O–H groups in total. The van der Waals surface area contributed by atoms with Gasteiger partial charge in [-0.2, -0.15) is 0 Å². The standard InChI is InChI=1S/C16H20N2O/c1-17-15(16-7-4-10-19-16)11-12-8-9-18-14-6-3-2-5-13(12)14/h2-3,5-6,8-9,15-17H,4,7,10-11H2,1H3. The summed E-state index contributed by atoms with van der Waals surface area (Å²) in [4.78, 5) is 4.42. The van der Waals surface area contributed by atoms with Crippen LogP contribution < -0.4 is 5.32 Å². The first-order valence-corrected chi connectivity index (χ1v) is 7.00. The highest BCUT2D eigenvalue weighted by atomic mass is 16.5. The molecule has 2 heterocycles. The Hall–Kier alpha value is -1.45. The summed E-state index contributed by atoms with van der Waals surface area (Å²) in [5.41, 5.74) is 2.42. The van der Waals surface area contributed by atoms with Gasteiger partial charge in [0.1, 0.15) is 0 Å². The van der Waals surface area contributed by atoms with Crippen LogP contribution in [0.15, 0.2) is 36.5 Å². The van der Waals surface area contributed by atoms with Crippen molar-refractivity contribution in [1.29, 1.82) is 0 Å². The van der Waals surface area contributed by atoms with E-state index in [4.69, 9.17) is 4.74 Å². The monoisotopic (exact) mass is 256 g/mol. The molecule has 3 nitrogen and oxygen atoms in total. The summed E-state index contributed by atoms with van der Waals surface area (Å²) in [6.45, 7) is 0.903. The molecule has 100 valence electrons. The van der Waals surface area contributed by atoms with Crippen LogP contribution in [-0.4, -0.2) is 30.8 Å². The number of nitrogens with zero attached hydrogens (tertiary/aromatic N) is 1. The zero-order chi connectivity index (χ0) is 13.1. The molecule has 0 amide bonds. The van der Waals surface area contributed by atoms with E-state index in [1.54, 1.807) is 0 Å². The SMILES string of the molecule is CNC(Cc1ccnc2ccccc12)C1CCCO1. The number of benzene rings is 1. The third kappa shape index (κ3) is 2.62. The van der Waals surface area contributed by atoms with Gasteiger partial charge in [-0.3, -0.25) is 4.98 Å². The molecule has 0 radical (unpaired) electrons. The predicted molar refractivity (Wildman–Crippen MR) is 77.3 cm³/mol. The topological polar surface area (TPSA) is 34.2 Å². The molecule has 0 spiro atoms. The lowest BCUT2D eigenvalue weighted by atomic mass is 9.97. The van der Waals surface area contributed by atoms with Crippen molar-refractivity contribution in [2.24, 2.45) is 0 Å². The van der Waals surface area contributed by atoms with E-state index in [0.717, 1.165) is 25.0 Å². The molecule has 0 bridgehead atoms. The van der Waals surface area contributed by atoms with Crippen LogP contribution in [0.2, 0.25) is 0 Å². The zero-order valence-electron chi connectivity index (χ0n) is 11.3. The number of ether oxygens (including phenoxy) is 1. The number of rotatable bonds is 4. The summed E-state index contributed by atoms with van der Waals surface area (Å²) in [6, 6.07) is 10.8. The van der Waals surface area contributed by atoms with Crippen molar-refractivity contribution >= 4 is 10.9 Å². The van der Waals surface area contributed by atoms with Gasteiger partial charge in [0, 0.05) is 24.2 Å². The first kappa shape index (κ1) is 12.6. The first-order chi connectivity index (χ1) is 9.38. The number of hydrogen-bond donors (Lipinski definition) is 1. The second-order valence-electron chi connectivity index (χ2n) is 5.14. The molecule has 19 heavy (non-hydrogen) atoms. The fourth-order valence-electron chi connectivity index (χ4n) is 2.91. The highest BCUT2D eigenvalue weighted by Gasteiger charge is 2.25. The molecule has 3 heteroatoms. The van der Waals surface area contributed by atoms with E-state index in [1.807, 2.05) is 19.3 Å². The number of aromatic nitrogens is 1. The lowest BCUT2D eigenvalue weighted by Gasteiger charge is -2.23. The minimum atomic E-state index is 0.344. The van der Waals surface area contributed by atoms with Crippen LogP contribution in [-0.2, 0) is 11.2 Å². The van der Waals surface area contributed by atoms with Gasteiger partial charge in [-0.15, -0.1) is 0 Å². The molecule has 2 unspecified atom stereocenters. The van der Waals surface area contributed by atoms with Gasteiger partial charge in [0.05, 0.1) is 11.6 Å². The Balaban J connectivity index is 1.87. The molecule has 3 rings (SSSR count). The highest BCUT2D eigenvalue weighted by molar-refractivity contribution is 5.81. The van der Waals surface area contributed by atoms with Crippen molar-refractivity contribution in [1.82, 2.24) is 10.3 Å². The van der Waals surface area contributed by atoms with Crippen LogP contribution in [0.1, 0.15) is 18.4 Å². The van der Waals surface area contributed by atoms with Gasteiger partial charge in [0.2, 0.25) is 0 Å². The zero-order valence-corrected chi connectivity index (χ0v) is 11.3. The van der Waals surface area contributed by atoms with E-state index in [1.165, 1.54) is 17.4 Å². The lowest BCUT2D eigenvalue weighted by Crippen LogP contribution is -2.39. The van der Waals surface area contributed by atoms with Crippen molar-refractivity contribution in [2.45, 2.75) is 31.4 Å². The van der Waals surface area contributed by atoms with E-state index in [0.29, 0.717) is 12.1 Å². The van der Waals surface area contributed by atoms with Crippen LogP contribution in [0, 0.1) is 0 Å². The van der Waals surface area contributed by atoms with Crippen molar-refractivity contribution in [2.75, 3.05) is 13.7 Å². The fourth-order valence-corrected chi connectivity index (χ4v) is 2.91. The summed E-state index contributed by atoms with van der Waals surface area (Å²) >= 11 is 0. The van der Waals surface area contributed by atoms with Gasteiger partial charge in [0.25, 0.3) is 0 Å². The van der Waals surface area contributed by atoms with E-state index in [9.17, 15) is 0 Å². The second-order valence-corrected chi connectivity index (χ2v) is 5.14. The van der Waals surface area contributed by atoms with Gasteiger partial charge in [-0.1, -0.05) is 18.2 Å². The number of nitrogens with one attached hydrogen (secondary N) is 1. The molecule has 1 saturated heterocycles. The predicted octanol–water partition coefficient (Wildman–Crippen LogP) is 2.54. The summed E-state index contributed by atoms with van der Waals surface area (Å²) in [7, 11) is 2.02. The highest BCUT2D eigenvalue weighted by Crippen LogP contribution is 2.22.